The molecule has 5 nitrogen and oxygen atoms in total. The average Bonchev–Trinajstić information content (AvgIpc) is 3.01. The van der Waals surface area contributed by atoms with Crippen molar-refractivity contribution in [3.63, 3.8) is 0 Å². The summed E-state index contributed by atoms with van der Waals surface area (Å²) in [6.07, 6.45) is 4.21. The third-order valence-corrected chi connectivity index (χ3v) is 4.68. The van der Waals surface area contributed by atoms with E-state index in [1.807, 2.05) is 12.1 Å². The van der Waals surface area contributed by atoms with Gasteiger partial charge in [0.1, 0.15) is 0 Å². The standard InChI is InChI=1S/C17H25N3O2/c1-22-12-17(8-4-10-20-17)11-19-16(21)14-5-2-7-15-13(14)6-3-9-18-15/h2,5,7,18,20H,3-4,6,8-12H2,1H3,(H,19,21). The van der Waals surface area contributed by atoms with Crippen LogP contribution in [-0.4, -0.2) is 44.8 Å². The van der Waals surface area contributed by atoms with E-state index in [1.165, 1.54) is 0 Å². The monoisotopic (exact) mass is 303 g/mol. The fourth-order valence-corrected chi connectivity index (χ4v) is 3.54. The van der Waals surface area contributed by atoms with Crippen LogP contribution in [0.15, 0.2) is 18.2 Å². The van der Waals surface area contributed by atoms with Crippen molar-refractivity contribution in [1.29, 1.82) is 0 Å². The first-order valence-electron chi connectivity index (χ1n) is 8.12. The molecule has 1 saturated heterocycles. The topological polar surface area (TPSA) is 62.4 Å². The highest BCUT2D eigenvalue weighted by atomic mass is 16.5. The van der Waals surface area contributed by atoms with Crippen molar-refractivity contribution >= 4 is 11.6 Å². The zero-order chi connectivity index (χ0) is 15.4. The van der Waals surface area contributed by atoms with Crippen LogP contribution in [-0.2, 0) is 11.2 Å². The third-order valence-electron chi connectivity index (χ3n) is 4.68. The number of amides is 1. The van der Waals surface area contributed by atoms with E-state index in [0.29, 0.717) is 13.2 Å². The molecule has 2 heterocycles. The van der Waals surface area contributed by atoms with E-state index in [1.54, 1.807) is 7.11 Å². The smallest absolute Gasteiger partial charge is 0.251 e. The molecule has 2 aliphatic rings. The number of ether oxygens (including phenoxy) is 1. The summed E-state index contributed by atoms with van der Waals surface area (Å²) in [4.78, 5) is 12.6. The van der Waals surface area contributed by atoms with E-state index in [2.05, 4.69) is 22.0 Å². The second kappa shape index (κ2) is 6.67. The summed E-state index contributed by atoms with van der Waals surface area (Å²) in [6, 6.07) is 5.92. The van der Waals surface area contributed by atoms with Crippen LogP contribution < -0.4 is 16.0 Å². The van der Waals surface area contributed by atoms with Crippen LogP contribution in [0.3, 0.4) is 0 Å². The Morgan fingerprint density at radius 2 is 2.27 bits per heavy atom. The van der Waals surface area contributed by atoms with E-state index in [-0.39, 0.29) is 11.4 Å². The minimum absolute atomic E-state index is 0.0183. The molecule has 3 rings (SSSR count). The number of methoxy groups -OCH3 is 1. The van der Waals surface area contributed by atoms with E-state index >= 15 is 0 Å². The van der Waals surface area contributed by atoms with E-state index in [4.69, 9.17) is 4.74 Å². The molecule has 2 aliphatic heterocycles. The Labute approximate surface area is 131 Å². The Bertz CT molecular complexity index is 539. The molecule has 0 spiro atoms. The van der Waals surface area contributed by atoms with Crippen LogP contribution in [0.4, 0.5) is 5.69 Å². The highest BCUT2D eigenvalue weighted by Gasteiger charge is 2.34. The first-order valence-corrected chi connectivity index (χ1v) is 8.12. The molecule has 1 unspecified atom stereocenters. The van der Waals surface area contributed by atoms with Gasteiger partial charge in [-0.1, -0.05) is 6.07 Å². The summed E-state index contributed by atoms with van der Waals surface area (Å²) >= 11 is 0. The van der Waals surface area contributed by atoms with Crippen LogP contribution in [0.2, 0.25) is 0 Å². The number of anilines is 1. The Kier molecular flexibility index (Phi) is 4.64. The molecule has 0 radical (unpaired) electrons. The predicted octanol–water partition coefficient (Wildman–Crippen LogP) is 1.54. The predicted molar refractivity (Wildman–Crippen MR) is 87.4 cm³/mol. The fourth-order valence-electron chi connectivity index (χ4n) is 3.54. The highest BCUT2D eigenvalue weighted by Crippen LogP contribution is 2.25. The lowest BCUT2D eigenvalue weighted by Crippen LogP contribution is -2.53. The summed E-state index contributed by atoms with van der Waals surface area (Å²) in [6.45, 7) is 3.21. The van der Waals surface area contributed by atoms with Crippen LogP contribution in [0, 0.1) is 0 Å². The quantitative estimate of drug-likeness (QED) is 0.772. The lowest BCUT2D eigenvalue weighted by molar-refractivity contribution is 0.0891. The second-order valence-corrected chi connectivity index (χ2v) is 6.29. The van der Waals surface area contributed by atoms with Crippen LogP contribution in [0.5, 0.6) is 0 Å². The molecule has 0 saturated carbocycles. The number of fused-ring (bicyclic) bond motifs is 1. The van der Waals surface area contributed by atoms with E-state index in [9.17, 15) is 4.79 Å². The summed E-state index contributed by atoms with van der Waals surface area (Å²) in [5.74, 6) is 0.0183. The van der Waals surface area contributed by atoms with E-state index < -0.39 is 0 Å². The van der Waals surface area contributed by atoms with Crippen molar-refractivity contribution < 1.29 is 9.53 Å². The lowest BCUT2D eigenvalue weighted by Gasteiger charge is -2.29. The number of hydrogen-bond donors (Lipinski definition) is 3. The molecule has 0 aliphatic carbocycles. The maximum atomic E-state index is 12.6. The molecular formula is C17H25N3O2. The number of benzene rings is 1. The Morgan fingerprint density at radius 1 is 1.36 bits per heavy atom. The number of carbonyl (C=O) groups is 1. The second-order valence-electron chi connectivity index (χ2n) is 6.29. The zero-order valence-electron chi connectivity index (χ0n) is 13.2. The normalized spacial score (nSPS) is 23.7. The van der Waals surface area contributed by atoms with Crippen LogP contribution >= 0.6 is 0 Å². The Morgan fingerprint density at radius 3 is 3.05 bits per heavy atom. The molecule has 1 aromatic carbocycles. The molecule has 22 heavy (non-hydrogen) atoms. The van der Waals surface area contributed by atoms with Crippen LogP contribution in [0.25, 0.3) is 0 Å². The van der Waals surface area contributed by atoms with Gasteiger partial charge in [0.25, 0.3) is 5.91 Å². The highest BCUT2D eigenvalue weighted by molar-refractivity contribution is 5.97. The number of rotatable bonds is 5. The Balaban J connectivity index is 1.70. The average molecular weight is 303 g/mol. The van der Waals surface area contributed by atoms with Crippen molar-refractivity contribution in [2.75, 3.05) is 38.7 Å². The fraction of sp³-hybridized carbons (Fsp3) is 0.588. The Hall–Kier alpha value is -1.59. The first-order chi connectivity index (χ1) is 10.7. The van der Waals surface area contributed by atoms with Gasteiger partial charge in [-0.2, -0.15) is 0 Å². The minimum Gasteiger partial charge on any atom is -0.385 e. The van der Waals surface area contributed by atoms with Gasteiger partial charge < -0.3 is 20.7 Å². The van der Waals surface area contributed by atoms with Crippen molar-refractivity contribution in [2.24, 2.45) is 0 Å². The maximum absolute atomic E-state index is 12.6. The van der Waals surface area contributed by atoms with Gasteiger partial charge in [0.2, 0.25) is 0 Å². The zero-order valence-corrected chi connectivity index (χ0v) is 13.2. The number of carbonyl (C=O) groups excluding carboxylic acids is 1. The van der Waals surface area contributed by atoms with Crippen LogP contribution in [0.1, 0.15) is 35.2 Å². The molecule has 0 aromatic heterocycles. The molecule has 1 atom stereocenters. The largest absolute Gasteiger partial charge is 0.385 e. The molecule has 1 aromatic rings. The van der Waals surface area contributed by atoms with Gasteiger partial charge in [-0.25, -0.2) is 0 Å². The van der Waals surface area contributed by atoms with Gasteiger partial charge in [0.05, 0.1) is 12.1 Å². The third kappa shape index (κ3) is 3.10. The van der Waals surface area contributed by atoms with Crippen molar-refractivity contribution in [1.82, 2.24) is 10.6 Å². The van der Waals surface area contributed by atoms with Gasteiger partial charge >= 0.3 is 0 Å². The molecule has 1 fully saturated rings. The van der Waals surface area contributed by atoms with Gasteiger partial charge in [-0.3, -0.25) is 4.79 Å². The van der Waals surface area contributed by atoms with Gasteiger partial charge in [0, 0.05) is 31.5 Å². The summed E-state index contributed by atoms with van der Waals surface area (Å²) < 4.78 is 5.33. The molecule has 120 valence electrons. The first kappa shape index (κ1) is 15.3. The maximum Gasteiger partial charge on any atom is 0.251 e. The summed E-state index contributed by atoms with van der Waals surface area (Å²) in [7, 11) is 1.71. The van der Waals surface area contributed by atoms with Gasteiger partial charge in [-0.15, -0.1) is 0 Å². The van der Waals surface area contributed by atoms with Crippen molar-refractivity contribution in [2.45, 2.75) is 31.2 Å². The molecule has 3 N–H and O–H groups in total. The lowest BCUT2D eigenvalue weighted by atomic mass is 9.96. The number of nitrogens with one attached hydrogen (secondary N) is 3. The number of hydrogen-bond acceptors (Lipinski definition) is 4. The van der Waals surface area contributed by atoms with E-state index in [0.717, 1.165) is 55.6 Å². The van der Waals surface area contributed by atoms with Crippen molar-refractivity contribution in [3.8, 4) is 0 Å². The van der Waals surface area contributed by atoms with Crippen molar-refractivity contribution in [3.05, 3.63) is 29.3 Å². The minimum atomic E-state index is -0.114. The molecule has 1 amide bonds. The SMILES string of the molecule is COCC1(CNC(=O)c2cccc3c2CCCN3)CCCN1. The van der Waals surface area contributed by atoms with Gasteiger partial charge in [0.15, 0.2) is 0 Å². The van der Waals surface area contributed by atoms with Gasteiger partial charge in [-0.05, 0) is 49.9 Å². The molecule has 0 bridgehead atoms. The summed E-state index contributed by atoms with van der Waals surface area (Å²) in [5.41, 5.74) is 2.93. The summed E-state index contributed by atoms with van der Waals surface area (Å²) in [5, 5.41) is 9.97. The molecule has 5 heteroatoms. The molecular weight excluding hydrogens is 278 g/mol.